The SMILES string of the molecule is CC/C=C\C/C=C\C/C=C\C/C=C\C/C=C\C/C=C\C/C=C\CCCC(=O)OC(COC(=O)CCCCCCCCCCCC/C=C\C/C=C\C/C=C\C/C=C\C/C=C\C/C=C\CC)COC(=O)CCCCCCCCCCCCCC. The number of allylic oxidation sites excluding steroid dienone is 26. The third-order valence-electron chi connectivity index (χ3n) is 13.8. The summed E-state index contributed by atoms with van der Waals surface area (Å²) in [5.74, 6) is -0.970. The van der Waals surface area contributed by atoms with Gasteiger partial charge in [0.1, 0.15) is 13.2 Å². The van der Waals surface area contributed by atoms with E-state index >= 15 is 0 Å². The summed E-state index contributed by atoms with van der Waals surface area (Å²) in [6, 6.07) is 0. The molecule has 82 heavy (non-hydrogen) atoms. The van der Waals surface area contributed by atoms with Gasteiger partial charge in [0, 0.05) is 19.3 Å². The molecule has 0 rings (SSSR count). The third kappa shape index (κ3) is 65.8. The van der Waals surface area contributed by atoms with Gasteiger partial charge in [0.15, 0.2) is 6.10 Å². The first-order valence-corrected chi connectivity index (χ1v) is 33.5. The van der Waals surface area contributed by atoms with Gasteiger partial charge in [-0.25, -0.2) is 0 Å². The van der Waals surface area contributed by atoms with E-state index < -0.39 is 6.10 Å². The van der Waals surface area contributed by atoms with E-state index in [1.807, 2.05) is 0 Å². The summed E-state index contributed by atoms with van der Waals surface area (Å²) in [6.45, 7) is 6.36. The molecule has 0 bridgehead atoms. The Labute approximate surface area is 505 Å². The molecule has 462 valence electrons. The maximum absolute atomic E-state index is 12.9. The van der Waals surface area contributed by atoms with Crippen LogP contribution in [-0.2, 0) is 28.6 Å². The summed E-state index contributed by atoms with van der Waals surface area (Å²) in [6.07, 6.45) is 99.7. The zero-order chi connectivity index (χ0) is 59.2. The molecule has 0 aliphatic rings. The molecule has 0 aromatic heterocycles. The van der Waals surface area contributed by atoms with Gasteiger partial charge in [-0.3, -0.25) is 14.4 Å². The lowest BCUT2D eigenvalue weighted by molar-refractivity contribution is -0.167. The van der Waals surface area contributed by atoms with Gasteiger partial charge in [0.05, 0.1) is 0 Å². The van der Waals surface area contributed by atoms with Gasteiger partial charge in [-0.2, -0.15) is 0 Å². The van der Waals surface area contributed by atoms with Crippen LogP contribution in [0.4, 0.5) is 0 Å². The lowest BCUT2D eigenvalue weighted by Gasteiger charge is -2.18. The largest absolute Gasteiger partial charge is 0.462 e. The van der Waals surface area contributed by atoms with Gasteiger partial charge < -0.3 is 14.2 Å². The topological polar surface area (TPSA) is 78.9 Å². The molecule has 0 spiro atoms. The summed E-state index contributed by atoms with van der Waals surface area (Å²) in [7, 11) is 0. The monoisotopic (exact) mass is 1130 g/mol. The van der Waals surface area contributed by atoms with E-state index in [0.717, 1.165) is 135 Å². The lowest BCUT2D eigenvalue weighted by Crippen LogP contribution is -2.30. The molecule has 6 nitrogen and oxygen atoms in total. The highest BCUT2D eigenvalue weighted by atomic mass is 16.6. The Morgan fingerprint density at radius 1 is 0.256 bits per heavy atom. The molecule has 0 heterocycles. The quantitative estimate of drug-likeness (QED) is 0.0261. The van der Waals surface area contributed by atoms with E-state index in [2.05, 4.69) is 179 Å². The van der Waals surface area contributed by atoms with Gasteiger partial charge in [-0.05, 0) is 122 Å². The van der Waals surface area contributed by atoms with Crippen molar-refractivity contribution in [3.63, 3.8) is 0 Å². The summed E-state index contributed by atoms with van der Waals surface area (Å²) in [4.78, 5) is 38.3. The molecule has 0 aliphatic heterocycles. The Balaban J connectivity index is 4.40. The van der Waals surface area contributed by atoms with E-state index in [9.17, 15) is 14.4 Å². The van der Waals surface area contributed by atoms with Crippen LogP contribution >= 0.6 is 0 Å². The first kappa shape index (κ1) is 77.0. The molecule has 0 fully saturated rings. The van der Waals surface area contributed by atoms with Crippen LogP contribution in [0.2, 0.25) is 0 Å². The van der Waals surface area contributed by atoms with Crippen LogP contribution < -0.4 is 0 Å². The van der Waals surface area contributed by atoms with Crippen LogP contribution in [0, 0.1) is 0 Å². The molecule has 6 heteroatoms. The van der Waals surface area contributed by atoms with E-state index in [4.69, 9.17) is 14.2 Å². The number of rotatable bonds is 59. The van der Waals surface area contributed by atoms with Gasteiger partial charge in [-0.1, -0.05) is 301 Å². The van der Waals surface area contributed by atoms with E-state index in [1.165, 1.54) is 103 Å². The van der Waals surface area contributed by atoms with Crippen molar-refractivity contribution in [2.45, 2.75) is 290 Å². The molecular formula is C76H122O6. The third-order valence-corrected chi connectivity index (χ3v) is 13.8. The normalized spacial score (nSPS) is 13.2. The first-order valence-electron chi connectivity index (χ1n) is 33.5. The van der Waals surface area contributed by atoms with Gasteiger partial charge in [-0.15, -0.1) is 0 Å². The second kappa shape index (κ2) is 68.5. The fraction of sp³-hybridized carbons (Fsp3) is 0.618. The van der Waals surface area contributed by atoms with Crippen molar-refractivity contribution >= 4 is 17.9 Å². The summed E-state index contributed by atoms with van der Waals surface area (Å²) in [5.41, 5.74) is 0. The average molecular weight is 1130 g/mol. The summed E-state index contributed by atoms with van der Waals surface area (Å²) in [5, 5.41) is 0. The number of carbonyl (C=O) groups is 3. The number of esters is 3. The van der Waals surface area contributed by atoms with Gasteiger partial charge in [0.2, 0.25) is 0 Å². The maximum Gasteiger partial charge on any atom is 0.306 e. The molecule has 0 radical (unpaired) electrons. The molecule has 0 N–H and O–H groups in total. The summed E-state index contributed by atoms with van der Waals surface area (Å²) < 4.78 is 16.9. The molecule has 0 saturated carbocycles. The van der Waals surface area contributed by atoms with Crippen molar-refractivity contribution in [1.29, 1.82) is 0 Å². The molecule has 1 unspecified atom stereocenters. The van der Waals surface area contributed by atoms with E-state index in [0.29, 0.717) is 19.3 Å². The van der Waals surface area contributed by atoms with Gasteiger partial charge >= 0.3 is 17.9 Å². The van der Waals surface area contributed by atoms with Crippen molar-refractivity contribution in [3.8, 4) is 0 Å². The first-order chi connectivity index (χ1) is 40.5. The van der Waals surface area contributed by atoms with Crippen LogP contribution in [-0.4, -0.2) is 37.2 Å². The zero-order valence-corrected chi connectivity index (χ0v) is 52.9. The Kier molecular flexibility index (Phi) is 64.4. The van der Waals surface area contributed by atoms with E-state index in [-0.39, 0.29) is 37.5 Å². The molecule has 0 aromatic rings. The second-order valence-corrected chi connectivity index (χ2v) is 21.6. The molecular weight excluding hydrogens is 1010 g/mol. The van der Waals surface area contributed by atoms with Crippen LogP contribution in [0.25, 0.3) is 0 Å². The Morgan fingerprint density at radius 3 is 0.780 bits per heavy atom. The smallest absolute Gasteiger partial charge is 0.306 e. The van der Waals surface area contributed by atoms with Crippen molar-refractivity contribution in [2.24, 2.45) is 0 Å². The van der Waals surface area contributed by atoms with E-state index in [1.54, 1.807) is 0 Å². The Bertz CT molecular complexity index is 1830. The lowest BCUT2D eigenvalue weighted by atomic mass is 10.0. The van der Waals surface area contributed by atoms with Crippen molar-refractivity contribution in [2.75, 3.05) is 13.2 Å². The standard InChI is InChI=1S/C76H122O6/c1-4-7-10-13-16-19-22-25-27-29-31-33-35-36-37-38-39-40-42-43-45-47-49-51-54-57-60-63-66-69-75(78)81-72-73(71-80-74(77)68-65-62-59-56-53-24-21-18-15-12-9-6-3)82-76(79)70-67-64-61-58-55-52-50-48-46-44-41-34-32-30-28-26-23-20-17-14-11-8-5-2/h7-8,10-11,16-17,19-20,25-28,31-34,36-37,39-40,44,46,50,52,58,61,73H,4-6,9,12-15,18,21-24,29-30,35,38,41-43,45,47-49,51,53-57,59-60,62-72H2,1-3H3/b10-7-,11-8-,19-16-,20-17-,27-25-,28-26-,33-31-,34-32-,37-36-,40-39-,46-44-,52-50-,61-58-. The van der Waals surface area contributed by atoms with Crippen LogP contribution in [0.5, 0.6) is 0 Å². The zero-order valence-electron chi connectivity index (χ0n) is 52.9. The van der Waals surface area contributed by atoms with Gasteiger partial charge in [0.25, 0.3) is 0 Å². The highest BCUT2D eigenvalue weighted by Gasteiger charge is 2.19. The fourth-order valence-corrected chi connectivity index (χ4v) is 8.85. The number of ether oxygens (including phenoxy) is 3. The second-order valence-electron chi connectivity index (χ2n) is 21.6. The summed E-state index contributed by atoms with van der Waals surface area (Å²) >= 11 is 0. The molecule has 0 aliphatic carbocycles. The van der Waals surface area contributed by atoms with Crippen molar-refractivity contribution < 1.29 is 28.6 Å². The Morgan fingerprint density at radius 2 is 0.488 bits per heavy atom. The van der Waals surface area contributed by atoms with Crippen molar-refractivity contribution in [3.05, 3.63) is 158 Å². The number of hydrogen-bond donors (Lipinski definition) is 0. The highest BCUT2D eigenvalue weighted by molar-refractivity contribution is 5.71. The minimum absolute atomic E-state index is 0.106. The maximum atomic E-state index is 12.9. The minimum Gasteiger partial charge on any atom is -0.462 e. The van der Waals surface area contributed by atoms with Crippen molar-refractivity contribution in [1.82, 2.24) is 0 Å². The highest BCUT2D eigenvalue weighted by Crippen LogP contribution is 2.15. The Hall–Kier alpha value is -4.97. The molecule has 1 atom stereocenters. The molecule has 0 amide bonds. The predicted molar refractivity (Wildman–Crippen MR) is 357 cm³/mol. The average Bonchev–Trinajstić information content (AvgIpc) is 3.48. The van der Waals surface area contributed by atoms with Crippen LogP contribution in [0.1, 0.15) is 284 Å². The van der Waals surface area contributed by atoms with Crippen LogP contribution in [0.15, 0.2) is 158 Å². The van der Waals surface area contributed by atoms with Crippen LogP contribution in [0.3, 0.4) is 0 Å². The molecule has 0 aromatic carbocycles. The number of carbonyl (C=O) groups excluding carboxylic acids is 3. The molecule has 0 saturated heterocycles. The number of unbranched alkanes of at least 4 members (excludes halogenated alkanes) is 22. The minimum atomic E-state index is -0.817. The predicted octanol–water partition coefficient (Wildman–Crippen LogP) is 23.3. The number of hydrogen-bond acceptors (Lipinski definition) is 6. The fourth-order valence-electron chi connectivity index (χ4n) is 8.85.